The van der Waals surface area contributed by atoms with Crippen molar-refractivity contribution in [2.75, 3.05) is 0 Å². The van der Waals surface area contributed by atoms with Gasteiger partial charge in [-0.1, -0.05) is 49.7 Å². The Bertz CT molecular complexity index is 625. The summed E-state index contributed by atoms with van der Waals surface area (Å²) in [5.74, 6) is 0.00812. The van der Waals surface area contributed by atoms with Gasteiger partial charge in [-0.2, -0.15) is 0 Å². The maximum Gasteiger partial charge on any atom is 0.261 e. The number of carbonyl (C=O) groups is 1. The second kappa shape index (κ2) is 6.88. The van der Waals surface area contributed by atoms with Crippen LogP contribution in [-0.4, -0.2) is 17.0 Å². The predicted molar refractivity (Wildman–Crippen MR) is 94.7 cm³/mol. The van der Waals surface area contributed by atoms with Crippen molar-refractivity contribution in [2.24, 2.45) is 0 Å². The third kappa shape index (κ3) is 3.28. The van der Waals surface area contributed by atoms with Crippen LogP contribution >= 0.6 is 11.8 Å². The molecule has 1 N–H and O–H groups in total. The summed E-state index contributed by atoms with van der Waals surface area (Å²) < 4.78 is 0. The van der Waals surface area contributed by atoms with Gasteiger partial charge in [0.25, 0.3) is 5.91 Å². The Kier molecular flexibility index (Phi) is 5.14. The molecule has 4 heteroatoms. The molecule has 1 atom stereocenters. The molecule has 22 heavy (non-hydrogen) atoms. The summed E-state index contributed by atoms with van der Waals surface area (Å²) in [6, 6.07) is 0. The van der Waals surface area contributed by atoms with Crippen molar-refractivity contribution >= 4 is 17.7 Å². The first-order valence-electron chi connectivity index (χ1n) is 7.28. The Morgan fingerprint density at radius 3 is 2.68 bits per heavy atom. The van der Waals surface area contributed by atoms with Gasteiger partial charge in [0.05, 0.1) is 5.57 Å². The Balaban J connectivity index is 2.41. The SMILES string of the molecule is C=C/C=C(\C)N1C(=O)C2=CCCC=C2NC1C(=C)SC(=C)C. The van der Waals surface area contributed by atoms with Crippen LogP contribution in [0.2, 0.25) is 0 Å². The molecule has 1 heterocycles. The highest BCUT2D eigenvalue weighted by atomic mass is 32.2. The molecule has 0 radical (unpaired) electrons. The van der Waals surface area contributed by atoms with Crippen molar-refractivity contribution < 1.29 is 4.79 Å². The van der Waals surface area contributed by atoms with Crippen LogP contribution in [0.15, 0.2) is 70.8 Å². The fourth-order valence-corrected chi connectivity index (χ4v) is 3.32. The van der Waals surface area contributed by atoms with E-state index in [1.807, 2.05) is 26.0 Å². The smallest absolute Gasteiger partial charge is 0.261 e. The van der Waals surface area contributed by atoms with E-state index in [-0.39, 0.29) is 12.1 Å². The summed E-state index contributed by atoms with van der Waals surface area (Å²) in [7, 11) is 0. The summed E-state index contributed by atoms with van der Waals surface area (Å²) in [5.41, 5.74) is 2.49. The van der Waals surface area contributed by atoms with Crippen molar-refractivity contribution in [3.05, 3.63) is 70.8 Å². The average Bonchev–Trinajstić information content (AvgIpc) is 2.46. The first-order valence-corrected chi connectivity index (χ1v) is 8.09. The second-order valence-corrected chi connectivity index (χ2v) is 6.77. The summed E-state index contributed by atoms with van der Waals surface area (Å²) in [5, 5.41) is 3.44. The number of rotatable bonds is 5. The molecule has 2 aliphatic rings. The van der Waals surface area contributed by atoms with Crippen LogP contribution in [0.4, 0.5) is 0 Å². The van der Waals surface area contributed by atoms with E-state index in [4.69, 9.17) is 0 Å². The van der Waals surface area contributed by atoms with Crippen LogP contribution in [-0.2, 0) is 4.79 Å². The molecule has 0 aromatic heterocycles. The summed E-state index contributed by atoms with van der Waals surface area (Å²) in [6.45, 7) is 15.6. The van der Waals surface area contributed by atoms with E-state index in [0.29, 0.717) is 0 Å². The maximum atomic E-state index is 12.9. The summed E-state index contributed by atoms with van der Waals surface area (Å²) in [6.07, 6.45) is 9.18. The first-order chi connectivity index (χ1) is 10.5. The largest absolute Gasteiger partial charge is 0.360 e. The van der Waals surface area contributed by atoms with Gasteiger partial charge >= 0.3 is 0 Å². The van der Waals surface area contributed by atoms with Gasteiger partial charge in [0, 0.05) is 16.3 Å². The number of hydrogen-bond acceptors (Lipinski definition) is 3. The van der Waals surface area contributed by atoms with Gasteiger partial charge < -0.3 is 5.32 Å². The highest BCUT2D eigenvalue weighted by molar-refractivity contribution is 8.06. The number of amides is 1. The predicted octanol–water partition coefficient (Wildman–Crippen LogP) is 4.22. The minimum atomic E-state index is -0.285. The monoisotopic (exact) mass is 314 g/mol. The molecule has 2 rings (SSSR count). The van der Waals surface area contributed by atoms with Gasteiger partial charge in [-0.3, -0.25) is 9.69 Å². The third-order valence-corrected chi connectivity index (χ3v) is 4.34. The number of allylic oxidation sites excluding steroid dienone is 6. The van der Waals surface area contributed by atoms with Crippen LogP contribution in [0.1, 0.15) is 26.7 Å². The molecule has 0 saturated carbocycles. The fourth-order valence-electron chi connectivity index (χ4n) is 2.59. The van der Waals surface area contributed by atoms with Crippen molar-refractivity contribution in [1.29, 1.82) is 0 Å². The highest BCUT2D eigenvalue weighted by Crippen LogP contribution is 2.34. The lowest BCUT2D eigenvalue weighted by atomic mass is 9.98. The number of carbonyl (C=O) groups excluding carboxylic acids is 1. The zero-order valence-electron chi connectivity index (χ0n) is 13.2. The van der Waals surface area contributed by atoms with E-state index in [1.165, 1.54) is 11.8 Å². The third-order valence-electron chi connectivity index (χ3n) is 3.50. The lowest BCUT2D eigenvalue weighted by Crippen LogP contribution is -2.54. The summed E-state index contributed by atoms with van der Waals surface area (Å²) >= 11 is 1.50. The molecule has 0 bridgehead atoms. The maximum absolute atomic E-state index is 12.9. The van der Waals surface area contributed by atoms with Gasteiger partial charge in [-0.25, -0.2) is 0 Å². The molecule has 1 saturated heterocycles. The number of hydrogen-bond donors (Lipinski definition) is 1. The molecule has 1 aliphatic heterocycles. The van der Waals surface area contributed by atoms with Crippen LogP contribution in [0, 0.1) is 0 Å². The normalized spacial score (nSPS) is 21.4. The van der Waals surface area contributed by atoms with Crippen LogP contribution in [0.25, 0.3) is 0 Å². The van der Waals surface area contributed by atoms with Crippen LogP contribution < -0.4 is 5.32 Å². The van der Waals surface area contributed by atoms with Crippen molar-refractivity contribution in [2.45, 2.75) is 32.9 Å². The number of nitrogens with one attached hydrogen (secondary N) is 1. The molecule has 1 unspecified atom stereocenters. The Labute approximate surface area is 136 Å². The van der Waals surface area contributed by atoms with Crippen molar-refractivity contribution in [3.63, 3.8) is 0 Å². The van der Waals surface area contributed by atoms with E-state index in [9.17, 15) is 4.79 Å². The minimum Gasteiger partial charge on any atom is -0.360 e. The molecule has 0 aromatic carbocycles. The quantitative estimate of drug-likeness (QED) is 0.771. The molecule has 3 nitrogen and oxygen atoms in total. The van der Waals surface area contributed by atoms with Crippen LogP contribution in [0.3, 0.4) is 0 Å². The van der Waals surface area contributed by atoms with E-state index >= 15 is 0 Å². The zero-order chi connectivity index (χ0) is 16.3. The van der Waals surface area contributed by atoms with Crippen LogP contribution in [0.5, 0.6) is 0 Å². The van der Waals surface area contributed by atoms with E-state index in [1.54, 1.807) is 11.0 Å². The molecule has 1 fully saturated rings. The lowest BCUT2D eigenvalue weighted by Gasteiger charge is -2.41. The van der Waals surface area contributed by atoms with Gasteiger partial charge in [0.1, 0.15) is 6.17 Å². The molecule has 116 valence electrons. The fraction of sp³-hybridized carbons (Fsp3) is 0.278. The molecular weight excluding hydrogens is 292 g/mol. The van der Waals surface area contributed by atoms with Gasteiger partial charge in [-0.05, 0) is 37.7 Å². The molecular formula is C18H22N2OS. The molecule has 0 aromatic rings. The zero-order valence-corrected chi connectivity index (χ0v) is 14.0. The Hall–Kier alpha value is -1.94. The highest BCUT2D eigenvalue weighted by Gasteiger charge is 2.37. The topological polar surface area (TPSA) is 32.3 Å². The standard InChI is InChI=1S/C18H22N2OS/c1-6-9-13(4)20-17(14(5)22-12(2)3)19-16-11-8-7-10-15(16)18(20)21/h6,9-11,17,19H,1-2,5,7-8H2,3-4H3/b13-9+. The molecule has 0 spiro atoms. The second-order valence-electron chi connectivity index (χ2n) is 5.35. The number of thioether (sulfide) groups is 1. The van der Waals surface area contributed by atoms with E-state index in [2.05, 4.69) is 31.1 Å². The summed E-state index contributed by atoms with van der Waals surface area (Å²) in [4.78, 5) is 16.4. The Morgan fingerprint density at radius 2 is 2.05 bits per heavy atom. The van der Waals surface area contributed by atoms with Crippen molar-refractivity contribution in [1.82, 2.24) is 10.2 Å². The number of fused-ring (bicyclic) bond motifs is 1. The molecule has 1 amide bonds. The molecule has 1 aliphatic carbocycles. The average molecular weight is 314 g/mol. The minimum absolute atomic E-state index is 0.00812. The Morgan fingerprint density at radius 1 is 1.36 bits per heavy atom. The lowest BCUT2D eigenvalue weighted by molar-refractivity contribution is -0.127. The van der Waals surface area contributed by atoms with Crippen molar-refractivity contribution in [3.8, 4) is 0 Å². The van der Waals surface area contributed by atoms with Gasteiger partial charge in [0.2, 0.25) is 0 Å². The van der Waals surface area contributed by atoms with Gasteiger partial charge in [-0.15, -0.1) is 0 Å². The van der Waals surface area contributed by atoms with E-state index < -0.39 is 0 Å². The van der Waals surface area contributed by atoms with Gasteiger partial charge in [0.15, 0.2) is 0 Å². The van der Waals surface area contributed by atoms with E-state index in [0.717, 1.165) is 39.6 Å². The first kappa shape index (κ1) is 16.4. The number of nitrogens with zero attached hydrogens (tertiary/aromatic N) is 1.